The first-order valence-corrected chi connectivity index (χ1v) is 21.2. The fourth-order valence-corrected chi connectivity index (χ4v) is 6.96. The molecule has 0 saturated heterocycles. The van der Waals surface area contributed by atoms with Crippen LogP contribution >= 0.6 is 0 Å². The number of esters is 2. The van der Waals surface area contributed by atoms with Crippen LogP contribution in [0.4, 0.5) is 11.4 Å². The van der Waals surface area contributed by atoms with Crippen LogP contribution in [0.1, 0.15) is 112 Å². The minimum absolute atomic E-state index is 0.0564. The van der Waals surface area contributed by atoms with Gasteiger partial charge < -0.3 is 18.9 Å². The molecule has 4 aromatic rings. The van der Waals surface area contributed by atoms with Crippen molar-refractivity contribution in [2.24, 2.45) is 9.98 Å². The molecule has 4 aromatic carbocycles. The summed E-state index contributed by atoms with van der Waals surface area (Å²) in [4.78, 5) is 54.6. The third-order valence-corrected chi connectivity index (χ3v) is 10.4. The van der Waals surface area contributed by atoms with Gasteiger partial charge in [0.25, 0.3) is 11.4 Å². The second-order valence-corrected chi connectivity index (χ2v) is 15.0. The number of nitrogens with zero attached hydrogens (tertiary/aromatic N) is 4. The predicted octanol–water partition coefficient (Wildman–Crippen LogP) is 11.1. The van der Waals surface area contributed by atoms with Crippen LogP contribution in [-0.2, 0) is 19.1 Å². The zero-order chi connectivity index (χ0) is 43.5. The number of ether oxygens (including phenoxy) is 4. The van der Waals surface area contributed by atoms with Crippen molar-refractivity contribution in [1.82, 2.24) is 0 Å². The lowest BCUT2D eigenvalue weighted by atomic mass is 10.0. The van der Waals surface area contributed by atoms with E-state index in [-0.39, 0.29) is 34.6 Å². The number of nitro groups is 2. The highest BCUT2D eigenvalue weighted by Crippen LogP contribution is 2.28. The van der Waals surface area contributed by atoms with Crippen LogP contribution in [-0.4, -0.2) is 46.8 Å². The van der Waals surface area contributed by atoms with Gasteiger partial charge in [0.1, 0.15) is 11.5 Å². The van der Waals surface area contributed by atoms with Crippen molar-refractivity contribution < 1.29 is 38.4 Å². The second-order valence-electron chi connectivity index (χ2n) is 15.0. The molecule has 0 amide bonds. The summed E-state index contributed by atoms with van der Waals surface area (Å²) in [5.74, 6) is 0.359. The second kappa shape index (κ2) is 23.1. The van der Waals surface area contributed by atoms with Crippen molar-refractivity contribution in [3.05, 3.63) is 151 Å². The number of nitro benzene ring substituents is 2. The summed E-state index contributed by atoms with van der Waals surface area (Å²) >= 11 is 0. The summed E-state index contributed by atoms with van der Waals surface area (Å²) in [5, 5.41) is 21.9. The summed E-state index contributed by atoms with van der Waals surface area (Å²) in [5.41, 5.74) is 2.56. The lowest BCUT2D eigenvalue weighted by Crippen LogP contribution is -2.05. The molecule has 0 aromatic heterocycles. The standard InChI is InChI=1S/C48H50N4O10/c53-47-41(49-45(61-47)35-23-27-39(28-24-35)51(55)56)33-37-19-13-15-21-43(37)59-31-17-11-9-7-5-3-1-2-4-6-8-10-12-18-32-60-44-22-16-14-20-38(44)34-42-48(54)62-46(50-42)36-25-29-40(30-26-36)52(57)58/h13-16,19-30,33-34H,1-12,17-18,31-32H2/b41-33-,42-34+. The maximum absolute atomic E-state index is 12.5. The summed E-state index contributed by atoms with van der Waals surface area (Å²) in [6, 6.07) is 26.3. The summed E-state index contributed by atoms with van der Waals surface area (Å²) in [7, 11) is 0. The van der Waals surface area contributed by atoms with Crippen molar-refractivity contribution in [3.8, 4) is 11.5 Å². The predicted molar refractivity (Wildman–Crippen MR) is 236 cm³/mol. The van der Waals surface area contributed by atoms with Gasteiger partial charge in [-0.15, -0.1) is 0 Å². The van der Waals surface area contributed by atoms with Crippen molar-refractivity contribution >= 4 is 47.3 Å². The average molecular weight is 843 g/mol. The van der Waals surface area contributed by atoms with E-state index in [0.717, 1.165) is 36.8 Å². The normalized spacial score (nSPS) is 14.7. The van der Waals surface area contributed by atoms with E-state index in [1.807, 2.05) is 48.5 Å². The van der Waals surface area contributed by atoms with E-state index in [2.05, 4.69) is 9.98 Å². The minimum Gasteiger partial charge on any atom is -0.493 e. The zero-order valence-corrected chi connectivity index (χ0v) is 34.6. The molecule has 322 valence electrons. The lowest BCUT2D eigenvalue weighted by molar-refractivity contribution is -0.385. The molecule has 2 aliphatic heterocycles. The molecule has 14 nitrogen and oxygen atoms in total. The van der Waals surface area contributed by atoms with E-state index >= 15 is 0 Å². The van der Waals surface area contributed by atoms with Crippen LogP contribution < -0.4 is 9.47 Å². The molecule has 0 fully saturated rings. The number of para-hydroxylation sites is 2. The van der Waals surface area contributed by atoms with Gasteiger partial charge in [-0.2, -0.15) is 0 Å². The van der Waals surface area contributed by atoms with E-state index in [1.165, 1.54) is 113 Å². The van der Waals surface area contributed by atoms with Gasteiger partial charge in [-0.3, -0.25) is 20.2 Å². The number of aliphatic imine (C=N–C) groups is 2. The third kappa shape index (κ3) is 13.3. The lowest BCUT2D eigenvalue weighted by Gasteiger charge is -2.09. The molecule has 0 unspecified atom stereocenters. The van der Waals surface area contributed by atoms with Crippen molar-refractivity contribution in [3.63, 3.8) is 0 Å². The summed E-state index contributed by atoms with van der Waals surface area (Å²) in [6.07, 6.45) is 19.7. The number of non-ortho nitro benzene ring substituents is 2. The Morgan fingerprint density at radius 2 is 0.790 bits per heavy atom. The monoisotopic (exact) mass is 842 g/mol. The molecule has 2 aliphatic rings. The molecule has 14 heteroatoms. The van der Waals surface area contributed by atoms with E-state index in [1.54, 1.807) is 12.2 Å². The molecule has 6 rings (SSSR count). The summed E-state index contributed by atoms with van der Waals surface area (Å²) < 4.78 is 22.8. The Labute approximate surface area is 360 Å². The van der Waals surface area contributed by atoms with Crippen LogP contribution in [0.5, 0.6) is 11.5 Å². The SMILES string of the molecule is O=C1OC(c2ccc([N+](=O)[O-])cc2)=N/C1=C\c1ccccc1OCCCCCCCCCCCCCCCCOc1ccccc1/C=C1/N=C(c2ccc([N+](=O)[O-])cc2)OC1=O. The topological polar surface area (TPSA) is 182 Å². The fourth-order valence-electron chi connectivity index (χ4n) is 6.96. The highest BCUT2D eigenvalue weighted by Gasteiger charge is 2.26. The smallest absolute Gasteiger partial charge is 0.363 e. The van der Waals surface area contributed by atoms with Gasteiger partial charge in [0.15, 0.2) is 11.4 Å². The van der Waals surface area contributed by atoms with E-state index in [9.17, 15) is 29.8 Å². The molecule has 0 spiro atoms. The number of cyclic esters (lactones) is 2. The molecule has 0 atom stereocenters. The third-order valence-electron chi connectivity index (χ3n) is 10.4. The molecule has 0 bridgehead atoms. The Morgan fingerprint density at radius 3 is 1.13 bits per heavy atom. The highest BCUT2D eigenvalue weighted by molar-refractivity contribution is 6.13. The highest BCUT2D eigenvalue weighted by atomic mass is 16.6. The van der Waals surface area contributed by atoms with Gasteiger partial charge in [0.2, 0.25) is 11.8 Å². The molecule has 0 aliphatic carbocycles. The Morgan fingerprint density at radius 1 is 0.468 bits per heavy atom. The Bertz CT molecular complexity index is 2150. The van der Waals surface area contributed by atoms with Crippen molar-refractivity contribution in [2.75, 3.05) is 13.2 Å². The van der Waals surface area contributed by atoms with Crippen LogP contribution in [0.3, 0.4) is 0 Å². The van der Waals surface area contributed by atoms with Crippen LogP contribution in [0, 0.1) is 20.2 Å². The molecule has 2 heterocycles. The first kappa shape index (κ1) is 44.6. The maximum atomic E-state index is 12.5. The van der Waals surface area contributed by atoms with Crippen LogP contribution in [0.25, 0.3) is 12.2 Å². The number of carbonyl (C=O) groups is 2. The fraction of sp³-hybridized carbons (Fsp3) is 0.333. The quantitative estimate of drug-likeness (QED) is 0.0205. The minimum atomic E-state index is -0.590. The molecular weight excluding hydrogens is 793 g/mol. The first-order valence-electron chi connectivity index (χ1n) is 21.2. The van der Waals surface area contributed by atoms with Gasteiger partial charge in [-0.05, 0) is 61.4 Å². The summed E-state index contributed by atoms with van der Waals surface area (Å²) in [6.45, 7) is 1.15. The van der Waals surface area contributed by atoms with E-state index < -0.39 is 21.8 Å². The number of hydrogen-bond acceptors (Lipinski definition) is 12. The van der Waals surface area contributed by atoms with Crippen LogP contribution in [0.15, 0.2) is 118 Å². The van der Waals surface area contributed by atoms with Gasteiger partial charge in [0, 0.05) is 46.5 Å². The molecule has 0 saturated carbocycles. The number of carbonyl (C=O) groups excluding carboxylic acids is 2. The van der Waals surface area contributed by atoms with Crippen LogP contribution in [0.2, 0.25) is 0 Å². The number of unbranched alkanes of at least 4 members (excludes halogenated alkanes) is 13. The largest absolute Gasteiger partial charge is 0.493 e. The van der Waals surface area contributed by atoms with Gasteiger partial charge in [-0.25, -0.2) is 19.6 Å². The van der Waals surface area contributed by atoms with Gasteiger partial charge >= 0.3 is 11.9 Å². The Balaban J connectivity index is 0.773. The average Bonchev–Trinajstić information content (AvgIpc) is 3.84. The van der Waals surface area contributed by atoms with Crippen molar-refractivity contribution in [1.29, 1.82) is 0 Å². The number of hydrogen-bond donors (Lipinski definition) is 0. The first-order chi connectivity index (χ1) is 30.2. The maximum Gasteiger partial charge on any atom is 0.363 e. The van der Waals surface area contributed by atoms with E-state index in [4.69, 9.17) is 18.9 Å². The molecule has 62 heavy (non-hydrogen) atoms. The molecule has 0 radical (unpaired) electrons. The Hall–Kier alpha value is -6.96. The van der Waals surface area contributed by atoms with Crippen molar-refractivity contribution in [2.45, 2.75) is 89.9 Å². The molecular formula is C48H50N4O10. The van der Waals surface area contributed by atoms with Gasteiger partial charge in [0.05, 0.1) is 23.1 Å². The van der Waals surface area contributed by atoms with Gasteiger partial charge in [-0.1, -0.05) is 113 Å². The number of benzene rings is 4. The number of rotatable bonds is 25. The molecule has 0 N–H and O–H groups in total. The van der Waals surface area contributed by atoms with E-state index in [0.29, 0.717) is 35.8 Å². The Kier molecular flexibility index (Phi) is 16.6. The zero-order valence-electron chi connectivity index (χ0n) is 34.6.